The Kier molecular flexibility index (Phi) is 3.00. The second kappa shape index (κ2) is 5.04. The molecule has 0 spiro atoms. The van der Waals surface area contributed by atoms with E-state index in [9.17, 15) is 10.1 Å². The summed E-state index contributed by atoms with van der Waals surface area (Å²) in [4.78, 5) is 18.8. The number of carbonyl (C=O) groups is 1. The van der Waals surface area contributed by atoms with Gasteiger partial charge in [0.05, 0.1) is 21.5 Å². The molecular formula is C18H11N3OS. The Bertz CT molecular complexity index is 993. The summed E-state index contributed by atoms with van der Waals surface area (Å²) < 4.78 is 1.00. The molecule has 3 aromatic rings. The first-order chi connectivity index (χ1) is 11.2. The van der Waals surface area contributed by atoms with Gasteiger partial charge in [-0.25, -0.2) is 4.98 Å². The maximum Gasteiger partial charge on any atom is 0.260 e. The van der Waals surface area contributed by atoms with Crippen molar-refractivity contribution in [2.45, 2.75) is 0 Å². The van der Waals surface area contributed by atoms with Crippen LogP contribution in [0.3, 0.4) is 0 Å². The minimum absolute atomic E-state index is 0.165. The summed E-state index contributed by atoms with van der Waals surface area (Å²) >= 11 is 1.43. The molecule has 0 N–H and O–H groups in total. The van der Waals surface area contributed by atoms with Gasteiger partial charge in [-0.1, -0.05) is 30.3 Å². The second-order valence-corrected chi connectivity index (χ2v) is 6.26. The van der Waals surface area contributed by atoms with Crippen molar-refractivity contribution in [3.8, 4) is 6.07 Å². The van der Waals surface area contributed by atoms with Crippen molar-refractivity contribution in [2.75, 3.05) is 11.9 Å². The molecule has 0 fully saturated rings. The van der Waals surface area contributed by atoms with E-state index in [1.165, 1.54) is 11.3 Å². The number of nitriles is 1. The molecule has 110 valence electrons. The molecule has 5 heteroatoms. The molecule has 0 aliphatic carbocycles. The molecule has 4 rings (SSSR count). The minimum Gasteiger partial charge on any atom is -0.311 e. The number of hydrogen-bond acceptors (Lipinski definition) is 4. The largest absolute Gasteiger partial charge is 0.311 e. The van der Waals surface area contributed by atoms with Crippen molar-refractivity contribution in [1.82, 2.24) is 4.98 Å². The van der Waals surface area contributed by atoms with Gasteiger partial charge in [-0.2, -0.15) is 5.26 Å². The lowest BCUT2D eigenvalue weighted by molar-refractivity contribution is -0.112. The zero-order valence-corrected chi connectivity index (χ0v) is 13.1. The summed E-state index contributed by atoms with van der Waals surface area (Å²) in [5.41, 5.74) is 3.22. The number of rotatable bonds is 1. The molecule has 0 saturated heterocycles. The highest BCUT2D eigenvalue weighted by Crippen LogP contribution is 2.40. The Balaban J connectivity index is 2.00. The average molecular weight is 317 g/mol. The normalized spacial score (nSPS) is 15.7. The lowest BCUT2D eigenvalue weighted by Gasteiger charge is -2.08. The van der Waals surface area contributed by atoms with E-state index in [0.29, 0.717) is 16.2 Å². The number of benzene rings is 2. The van der Waals surface area contributed by atoms with Gasteiger partial charge in [0.2, 0.25) is 0 Å². The van der Waals surface area contributed by atoms with Crippen molar-refractivity contribution in [3.63, 3.8) is 0 Å². The standard InChI is InChI=1S/C18H11N3OS/c1-21-14-8-4-2-6-11(14)16(18(21)22)12(10-19)17-20-13-7-3-5-9-15(13)23-17/h2-9H,1H3. The lowest BCUT2D eigenvalue weighted by atomic mass is 10.0. The molecule has 0 atom stereocenters. The molecule has 1 aliphatic rings. The highest BCUT2D eigenvalue weighted by Gasteiger charge is 2.33. The van der Waals surface area contributed by atoms with Crippen molar-refractivity contribution < 1.29 is 4.79 Å². The van der Waals surface area contributed by atoms with E-state index in [2.05, 4.69) is 11.1 Å². The molecular weight excluding hydrogens is 306 g/mol. The van der Waals surface area contributed by atoms with Crippen molar-refractivity contribution in [3.05, 3.63) is 59.1 Å². The van der Waals surface area contributed by atoms with Crippen molar-refractivity contribution >= 4 is 44.3 Å². The van der Waals surface area contributed by atoms with Crippen molar-refractivity contribution in [2.24, 2.45) is 0 Å². The zero-order chi connectivity index (χ0) is 16.0. The summed E-state index contributed by atoms with van der Waals surface area (Å²) in [5, 5.41) is 10.3. The highest BCUT2D eigenvalue weighted by atomic mass is 32.1. The molecule has 1 aromatic heterocycles. The Morgan fingerprint density at radius 3 is 2.70 bits per heavy atom. The van der Waals surface area contributed by atoms with E-state index in [0.717, 1.165) is 21.5 Å². The third-order valence-electron chi connectivity index (χ3n) is 3.92. The number of carbonyl (C=O) groups excluding carboxylic acids is 1. The Hall–Kier alpha value is -2.97. The van der Waals surface area contributed by atoms with Crippen LogP contribution in [0.25, 0.3) is 21.4 Å². The topological polar surface area (TPSA) is 57.0 Å². The number of amides is 1. The zero-order valence-electron chi connectivity index (χ0n) is 12.3. The minimum atomic E-state index is -0.165. The van der Waals surface area contributed by atoms with Gasteiger partial charge >= 0.3 is 0 Å². The molecule has 2 heterocycles. The fourth-order valence-corrected chi connectivity index (χ4v) is 3.77. The highest BCUT2D eigenvalue weighted by molar-refractivity contribution is 7.19. The first kappa shape index (κ1) is 13.7. The maximum absolute atomic E-state index is 12.6. The molecule has 1 amide bonds. The smallest absolute Gasteiger partial charge is 0.260 e. The van der Waals surface area contributed by atoms with E-state index in [4.69, 9.17) is 0 Å². The summed E-state index contributed by atoms with van der Waals surface area (Å²) in [6.07, 6.45) is 0. The van der Waals surface area contributed by atoms with E-state index >= 15 is 0 Å². The van der Waals surface area contributed by atoms with Gasteiger partial charge in [-0.15, -0.1) is 11.3 Å². The van der Waals surface area contributed by atoms with Crippen LogP contribution in [0.1, 0.15) is 10.6 Å². The van der Waals surface area contributed by atoms with E-state index in [1.54, 1.807) is 11.9 Å². The van der Waals surface area contributed by atoms with Crippen LogP contribution >= 0.6 is 11.3 Å². The molecule has 0 saturated carbocycles. The van der Waals surface area contributed by atoms with Crippen LogP contribution in [0.2, 0.25) is 0 Å². The van der Waals surface area contributed by atoms with E-state index in [-0.39, 0.29) is 5.91 Å². The quantitative estimate of drug-likeness (QED) is 0.508. The molecule has 0 radical (unpaired) electrons. The third-order valence-corrected chi connectivity index (χ3v) is 4.98. The number of anilines is 1. The van der Waals surface area contributed by atoms with Crippen LogP contribution in [0, 0.1) is 11.3 Å². The van der Waals surface area contributed by atoms with Crippen LogP contribution in [-0.2, 0) is 4.79 Å². The third kappa shape index (κ3) is 1.96. The Morgan fingerprint density at radius 1 is 1.17 bits per heavy atom. The first-order valence-electron chi connectivity index (χ1n) is 7.08. The van der Waals surface area contributed by atoms with Gasteiger partial charge in [0.1, 0.15) is 16.6 Å². The van der Waals surface area contributed by atoms with Gasteiger partial charge < -0.3 is 4.90 Å². The molecule has 0 bridgehead atoms. The molecule has 1 aliphatic heterocycles. The predicted octanol–water partition coefficient (Wildman–Crippen LogP) is 3.71. The summed E-state index contributed by atoms with van der Waals surface area (Å²) in [6.45, 7) is 0. The summed E-state index contributed by atoms with van der Waals surface area (Å²) in [6, 6.07) is 17.4. The maximum atomic E-state index is 12.6. The average Bonchev–Trinajstić information content (AvgIpc) is 3.11. The van der Waals surface area contributed by atoms with Gasteiger partial charge in [-0.3, -0.25) is 4.79 Å². The van der Waals surface area contributed by atoms with Gasteiger partial charge in [0.25, 0.3) is 5.91 Å². The monoisotopic (exact) mass is 317 g/mol. The van der Waals surface area contributed by atoms with E-state index in [1.807, 2.05) is 48.5 Å². The first-order valence-corrected chi connectivity index (χ1v) is 7.90. The molecule has 23 heavy (non-hydrogen) atoms. The fraction of sp³-hybridized carbons (Fsp3) is 0.0556. The molecule has 2 aromatic carbocycles. The lowest BCUT2D eigenvalue weighted by Crippen LogP contribution is -2.20. The van der Waals surface area contributed by atoms with Gasteiger partial charge in [0.15, 0.2) is 0 Å². The van der Waals surface area contributed by atoms with Gasteiger partial charge in [-0.05, 0) is 18.2 Å². The van der Waals surface area contributed by atoms with Crippen LogP contribution in [-0.4, -0.2) is 17.9 Å². The SMILES string of the molecule is CN1C(=O)C(=C(C#N)c2nc3ccccc3s2)c2ccccc21. The number of nitrogens with zero attached hydrogens (tertiary/aromatic N) is 3. The number of aromatic nitrogens is 1. The van der Waals surface area contributed by atoms with Crippen LogP contribution < -0.4 is 4.90 Å². The van der Waals surface area contributed by atoms with Crippen molar-refractivity contribution in [1.29, 1.82) is 5.26 Å². The number of likely N-dealkylation sites (N-methyl/N-ethyl adjacent to an activating group) is 1. The Morgan fingerprint density at radius 2 is 1.91 bits per heavy atom. The summed E-state index contributed by atoms with van der Waals surface area (Å²) in [7, 11) is 1.72. The predicted molar refractivity (Wildman–Crippen MR) is 91.9 cm³/mol. The number of para-hydroxylation sites is 2. The van der Waals surface area contributed by atoms with E-state index < -0.39 is 0 Å². The van der Waals surface area contributed by atoms with Gasteiger partial charge in [0, 0.05) is 12.6 Å². The van der Waals surface area contributed by atoms with Crippen LogP contribution in [0.15, 0.2) is 48.5 Å². The second-order valence-electron chi connectivity index (χ2n) is 5.23. The Labute approximate surface area is 136 Å². The van der Waals surface area contributed by atoms with Crippen LogP contribution in [0.4, 0.5) is 5.69 Å². The number of allylic oxidation sites excluding steroid dienone is 1. The number of thiazole rings is 1. The fourth-order valence-electron chi connectivity index (χ4n) is 2.80. The molecule has 0 unspecified atom stereocenters. The molecule has 4 nitrogen and oxygen atoms in total. The number of hydrogen-bond donors (Lipinski definition) is 0. The summed E-state index contributed by atoms with van der Waals surface area (Å²) in [5.74, 6) is -0.165. The number of fused-ring (bicyclic) bond motifs is 2. The van der Waals surface area contributed by atoms with Crippen LogP contribution in [0.5, 0.6) is 0 Å².